The molecule has 32 heavy (non-hydrogen) atoms. The maximum Gasteiger partial charge on any atom is 0.295 e. The molecule has 5 rings (SSSR count). The second-order valence-electron chi connectivity index (χ2n) is 7.95. The van der Waals surface area contributed by atoms with Gasteiger partial charge in [-0.15, -0.1) is 0 Å². The summed E-state index contributed by atoms with van der Waals surface area (Å²) < 4.78 is 33.4. The lowest BCUT2D eigenvalue weighted by atomic mass is 10.0. The number of benzene rings is 4. The highest BCUT2D eigenvalue weighted by molar-refractivity contribution is 7.86. The topological polar surface area (TPSA) is 80.2 Å². The summed E-state index contributed by atoms with van der Waals surface area (Å²) in [5.41, 5.74) is 6.84. The standard InChI is InChI=1S/C26H20N2O3S/c1-16-6-10-18(11-7-16)25-26(19-12-8-17(2)9-13-19)28-23-15-21-20(14-22(23)27-25)4-3-5-24(21)32(29,30)31/h3-15H,1-2H3,(H,29,30,31). The first-order chi connectivity index (χ1) is 15.3. The van der Waals surface area contributed by atoms with Crippen LogP contribution in [-0.4, -0.2) is 22.9 Å². The van der Waals surface area contributed by atoms with E-state index in [0.717, 1.165) is 27.9 Å². The molecule has 0 fully saturated rings. The Hall–Kier alpha value is -3.61. The van der Waals surface area contributed by atoms with Gasteiger partial charge >= 0.3 is 0 Å². The fourth-order valence-electron chi connectivity index (χ4n) is 3.85. The van der Waals surface area contributed by atoms with Crippen molar-refractivity contribution in [2.24, 2.45) is 0 Å². The molecule has 0 saturated carbocycles. The number of rotatable bonds is 3. The van der Waals surface area contributed by atoms with Gasteiger partial charge in [-0.1, -0.05) is 71.8 Å². The van der Waals surface area contributed by atoms with E-state index in [0.29, 0.717) is 27.5 Å². The van der Waals surface area contributed by atoms with Crippen LogP contribution in [0.2, 0.25) is 0 Å². The molecule has 0 atom stereocenters. The largest absolute Gasteiger partial charge is 0.295 e. The van der Waals surface area contributed by atoms with Crippen molar-refractivity contribution in [3.63, 3.8) is 0 Å². The molecule has 4 aromatic carbocycles. The van der Waals surface area contributed by atoms with Crippen LogP contribution < -0.4 is 0 Å². The average Bonchev–Trinajstić information content (AvgIpc) is 2.77. The second kappa shape index (κ2) is 7.51. The van der Waals surface area contributed by atoms with Crippen molar-refractivity contribution in [2.45, 2.75) is 18.7 Å². The summed E-state index contributed by atoms with van der Waals surface area (Å²) in [5, 5.41) is 1.08. The minimum absolute atomic E-state index is 0.141. The molecule has 0 aliphatic heterocycles. The van der Waals surface area contributed by atoms with Crippen molar-refractivity contribution < 1.29 is 13.0 Å². The lowest BCUT2D eigenvalue weighted by molar-refractivity contribution is 0.484. The summed E-state index contributed by atoms with van der Waals surface area (Å²) >= 11 is 0. The van der Waals surface area contributed by atoms with E-state index in [-0.39, 0.29) is 4.90 Å². The van der Waals surface area contributed by atoms with Gasteiger partial charge in [-0.3, -0.25) is 4.55 Å². The van der Waals surface area contributed by atoms with Crippen LogP contribution in [0.15, 0.2) is 83.8 Å². The van der Waals surface area contributed by atoms with E-state index in [4.69, 9.17) is 9.97 Å². The number of fused-ring (bicyclic) bond motifs is 2. The first-order valence-electron chi connectivity index (χ1n) is 10.2. The summed E-state index contributed by atoms with van der Waals surface area (Å²) in [6, 6.07) is 24.5. The summed E-state index contributed by atoms with van der Waals surface area (Å²) in [5.74, 6) is 0. The molecule has 0 unspecified atom stereocenters. The highest BCUT2D eigenvalue weighted by atomic mass is 32.2. The van der Waals surface area contributed by atoms with Gasteiger partial charge in [0.1, 0.15) is 4.90 Å². The monoisotopic (exact) mass is 440 g/mol. The second-order valence-corrected chi connectivity index (χ2v) is 9.34. The minimum atomic E-state index is -4.37. The number of nitrogens with zero attached hydrogens (tertiary/aromatic N) is 2. The molecule has 0 aliphatic rings. The predicted molar refractivity (Wildman–Crippen MR) is 127 cm³/mol. The predicted octanol–water partition coefficient (Wildman–Crippen LogP) is 5.98. The summed E-state index contributed by atoms with van der Waals surface area (Å²) in [6.07, 6.45) is 0. The fraction of sp³-hybridized carbons (Fsp3) is 0.0769. The van der Waals surface area contributed by atoms with Gasteiger partial charge in [0.15, 0.2) is 0 Å². The van der Waals surface area contributed by atoms with Gasteiger partial charge in [0.05, 0.1) is 22.4 Å². The van der Waals surface area contributed by atoms with Gasteiger partial charge in [0.25, 0.3) is 10.1 Å². The van der Waals surface area contributed by atoms with Crippen LogP contribution in [0.3, 0.4) is 0 Å². The van der Waals surface area contributed by atoms with Crippen molar-refractivity contribution in [3.05, 3.63) is 90.0 Å². The first-order valence-corrected chi connectivity index (χ1v) is 11.6. The molecular weight excluding hydrogens is 420 g/mol. The fourth-order valence-corrected chi connectivity index (χ4v) is 4.55. The molecule has 0 amide bonds. The summed E-state index contributed by atoms with van der Waals surface area (Å²) in [4.78, 5) is 9.71. The molecule has 5 aromatic rings. The molecule has 158 valence electrons. The smallest absolute Gasteiger partial charge is 0.282 e. The third-order valence-electron chi connectivity index (χ3n) is 5.55. The minimum Gasteiger partial charge on any atom is -0.282 e. The Morgan fingerprint density at radius 2 is 1.19 bits per heavy atom. The molecule has 0 radical (unpaired) electrons. The Kier molecular flexibility index (Phi) is 4.77. The lowest BCUT2D eigenvalue weighted by Crippen LogP contribution is -2.00. The average molecular weight is 441 g/mol. The summed E-state index contributed by atoms with van der Waals surface area (Å²) in [7, 11) is -4.37. The van der Waals surface area contributed by atoms with Gasteiger partial charge in [-0.05, 0) is 37.4 Å². The molecule has 0 saturated heterocycles. The number of aromatic nitrogens is 2. The Balaban J connectivity index is 1.85. The molecule has 5 nitrogen and oxygen atoms in total. The molecule has 0 aliphatic carbocycles. The maximum absolute atomic E-state index is 11.9. The maximum atomic E-state index is 11.9. The van der Waals surface area contributed by atoms with Gasteiger partial charge in [-0.2, -0.15) is 8.42 Å². The van der Waals surface area contributed by atoms with E-state index >= 15 is 0 Å². The van der Waals surface area contributed by atoms with Crippen LogP contribution in [0.1, 0.15) is 11.1 Å². The normalized spacial score (nSPS) is 11.8. The molecule has 0 spiro atoms. The van der Waals surface area contributed by atoms with Gasteiger partial charge in [-0.25, -0.2) is 9.97 Å². The Morgan fingerprint density at radius 1 is 0.688 bits per heavy atom. The third-order valence-corrected chi connectivity index (χ3v) is 6.46. The van der Waals surface area contributed by atoms with Crippen molar-refractivity contribution in [1.82, 2.24) is 9.97 Å². The van der Waals surface area contributed by atoms with Gasteiger partial charge < -0.3 is 0 Å². The quantitative estimate of drug-likeness (QED) is 0.276. The van der Waals surface area contributed by atoms with E-state index in [9.17, 15) is 13.0 Å². The van der Waals surface area contributed by atoms with Crippen LogP contribution in [0, 0.1) is 13.8 Å². The third kappa shape index (κ3) is 3.64. The van der Waals surface area contributed by atoms with Crippen LogP contribution >= 0.6 is 0 Å². The highest BCUT2D eigenvalue weighted by Gasteiger charge is 2.17. The van der Waals surface area contributed by atoms with Crippen molar-refractivity contribution in [1.29, 1.82) is 0 Å². The van der Waals surface area contributed by atoms with E-state index in [2.05, 4.69) is 0 Å². The molecule has 1 N–H and O–H groups in total. The first kappa shape index (κ1) is 20.3. The van der Waals surface area contributed by atoms with Crippen LogP contribution in [0.5, 0.6) is 0 Å². The zero-order valence-electron chi connectivity index (χ0n) is 17.6. The molecular formula is C26H20N2O3S. The van der Waals surface area contributed by atoms with Crippen LogP contribution in [0.25, 0.3) is 44.3 Å². The van der Waals surface area contributed by atoms with E-state index < -0.39 is 10.1 Å². The van der Waals surface area contributed by atoms with Crippen LogP contribution in [-0.2, 0) is 10.1 Å². The zero-order chi connectivity index (χ0) is 22.5. The van der Waals surface area contributed by atoms with Gasteiger partial charge in [0.2, 0.25) is 0 Å². The van der Waals surface area contributed by atoms with E-state index in [1.165, 1.54) is 6.07 Å². The molecule has 1 aromatic heterocycles. The number of aryl methyl sites for hydroxylation is 2. The van der Waals surface area contributed by atoms with Gasteiger partial charge in [0, 0.05) is 16.5 Å². The zero-order valence-corrected chi connectivity index (χ0v) is 18.4. The lowest BCUT2D eigenvalue weighted by Gasteiger charge is -2.12. The van der Waals surface area contributed by atoms with Crippen molar-refractivity contribution in [2.75, 3.05) is 0 Å². The van der Waals surface area contributed by atoms with Crippen molar-refractivity contribution >= 4 is 31.9 Å². The number of hydrogen-bond donors (Lipinski definition) is 1. The Labute approximate surface area is 186 Å². The Bertz CT molecular complexity index is 1590. The van der Waals surface area contributed by atoms with Crippen molar-refractivity contribution in [3.8, 4) is 22.5 Å². The van der Waals surface area contributed by atoms with E-state index in [1.54, 1.807) is 18.2 Å². The Morgan fingerprint density at radius 3 is 1.69 bits per heavy atom. The van der Waals surface area contributed by atoms with E-state index in [1.807, 2.05) is 68.4 Å². The van der Waals surface area contributed by atoms with Crippen LogP contribution in [0.4, 0.5) is 0 Å². The molecule has 1 heterocycles. The molecule has 0 bridgehead atoms. The highest BCUT2D eigenvalue weighted by Crippen LogP contribution is 2.33. The SMILES string of the molecule is Cc1ccc(-c2nc3cc4cccc(S(=O)(=O)O)c4cc3nc2-c2ccc(C)cc2)cc1. The summed E-state index contributed by atoms with van der Waals surface area (Å²) in [6.45, 7) is 4.06. The number of hydrogen-bond acceptors (Lipinski definition) is 4. The molecule has 6 heteroatoms.